The Hall–Kier alpha value is -1.97. The maximum atomic E-state index is 12.5. The standard InChI is InChI=1S/C17H24N2O6S/c1-24-17(21)7-6-16(20)18-9-8-14-2-4-15(5-3-14)26(22,23)19-10-12-25-13-11-19/h2-5H,6-13H2,1H3,(H,18,20). The van der Waals surface area contributed by atoms with E-state index in [1.54, 1.807) is 24.3 Å². The first-order valence-electron chi connectivity index (χ1n) is 8.44. The minimum absolute atomic E-state index is 0.0520. The van der Waals surface area contributed by atoms with Crippen LogP contribution < -0.4 is 5.32 Å². The van der Waals surface area contributed by atoms with E-state index in [1.165, 1.54) is 11.4 Å². The van der Waals surface area contributed by atoms with Crippen LogP contribution in [0.15, 0.2) is 29.2 Å². The van der Waals surface area contributed by atoms with Crippen LogP contribution in [0.2, 0.25) is 0 Å². The monoisotopic (exact) mass is 384 g/mol. The molecule has 1 aliphatic heterocycles. The fourth-order valence-corrected chi connectivity index (χ4v) is 3.92. The lowest BCUT2D eigenvalue weighted by Crippen LogP contribution is -2.40. The van der Waals surface area contributed by atoms with Gasteiger partial charge in [0.25, 0.3) is 0 Å². The number of carbonyl (C=O) groups excluding carboxylic acids is 2. The summed E-state index contributed by atoms with van der Waals surface area (Å²) in [6.07, 6.45) is 0.710. The summed E-state index contributed by atoms with van der Waals surface area (Å²) >= 11 is 0. The van der Waals surface area contributed by atoms with E-state index >= 15 is 0 Å². The van der Waals surface area contributed by atoms with Crippen molar-refractivity contribution in [1.82, 2.24) is 9.62 Å². The molecule has 1 aromatic carbocycles. The van der Waals surface area contributed by atoms with Gasteiger partial charge in [0.15, 0.2) is 0 Å². The average Bonchev–Trinajstić information content (AvgIpc) is 2.67. The van der Waals surface area contributed by atoms with Gasteiger partial charge in [0.05, 0.1) is 31.6 Å². The van der Waals surface area contributed by atoms with Gasteiger partial charge in [0.1, 0.15) is 0 Å². The Morgan fingerprint density at radius 2 is 1.81 bits per heavy atom. The molecule has 0 bridgehead atoms. The van der Waals surface area contributed by atoms with Crippen LogP contribution in [0.1, 0.15) is 18.4 Å². The van der Waals surface area contributed by atoms with Crippen LogP contribution >= 0.6 is 0 Å². The zero-order valence-corrected chi connectivity index (χ0v) is 15.6. The van der Waals surface area contributed by atoms with Gasteiger partial charge in [-0.05, 0) is 24.1 Å². The summed E-state index contributed by atoms with van der Waals surface area (Å²) in [5.74, 6) is -0.640. The number of nitrogens with zero attached hydrogens (tertiary/aromatic N) is 1. The predicted octanol–water partition coefficient (Wildman–Crippen LogP) is 0.319. The summed E-state index contributed by atoms with van der Waals surface area (Å²) in [6, 6.07) is 6.65. The number of nitrogens with one attached hydrogen (secondary N) is 1. The molecule has 0 aromatic heterocycles. The molecule has 1 amide bonds. The molecular formula is C17H24N2O6S. The Morgan fingerprint density at radius 1 is 1.15 bits per heavy atom. The Bertz CT molecular complexity index is 711. The number of esters is 1. The van der Waals surface area contributed by atoms with Gasteiger partial charge in [0.2, 0.25) is 15.9 Å². The summed E-state index contributed by atoms with van der Waals surface area (Å²) in [5.41, 5.74) is 0.916. The Kier molecular flexibility index (Phi) is 7.55. The van der Waals surface area contributed by atoms with Crippen molar-refractivity contribution in [3.63, 3.8) is 0 Å². The molecule has 1 aromatic rings. The molecule has 26 heavy (non-hydrogen) atoms. The molecule has 1 fully saturated rings. The second-order valence-electron chi connectivity index (χ2n) is 5.84. The Morgan fingerprint density at radius 3 is 2.42 bits per heavy atom. The summed E-state index contributed by atoms with van der Waals surface area (Å²) in [5, 5.41) is 2.72. The number of morpholine rings is 1. The van der Waals surface area contributed by atoms with Crippen LogP contribution in [-0.2, 0) is 35.5 Å². The Balaban J connectivity index is 1.82. The lowest BCUT2D eigenvalue weighted by atomic mass is 10.1. The fourth-order valence-electron chi connectivity index (χ4n) is 2.52. The number of rotatable bonds is 8. The topological polar surface area (TPSA) is 102 Å². The van der Waals surface area contributed by atoms with Gasteiger partial charge in [-0.25, -0.2) is 8.42 Å². The minimum Gasteiger partial charge on any atom is -0.469 e. The number of amides is 1. The number of methoxy groups -OCH3 is 1. The third-order valence-electron chi connectivity index (χ3n) is 4.05. The van der Waals surface area contributed by atoms with Gasteiger partial charge in [-0.2, -0.15) is 4.31 Å². The lowest BCUT2D eigenvalue weighted by molar-refractivity contribution is -0.142. The van der Waals surface area contributed by atoms with Crippen molar-refractivity contribution in [3.8, 4) is 0 Å². The normalized spacial score (nSPS) is 15.4. The van der Waals surface area contributed by atoms with E-state index < -0.39 is 16.0 Å². The molecule has 0 radical (unpaired) electrons. The molecule has 8 nitrogen and oxygen atoms in total. The lowest BCUT2D eigenvalue weighted by Gasteiger charge is -2.26. The number of benzene rings is 1. The first kappa shape index (κ1) is 20.3. The highest BCUT2D eigenvalue weighted by molar-refractivity contribution is 7.89. The average molecular weight is 384 g/mol. The van der Waals surface area contributed by atoms with E-state index in [1.807, 2.05) is 0 Å². The molecule has 1 heterocycles. The van der Waals surface area contributed by atoms with Gasteiger partial charge >= 0.3 is 5.97 Å². The maximum Gasteiger partial charge on any atom is 0.306 e. The van der Waals surface area contributed by atoms with E-state index in [-0.39, 0.29) is 23.6 Å². The van der Waals surface area contributed by atoms with Gasteiger partial charge < -0.3 is 14.8 Å². The summed E-state index contributed by atoms with van der Waals surface area (Å²) in [6.45, 7) is 1.96. The van der Waals surface area contributed by atoms with Crippen LogP contribution in [0, 0.1) is 0 Å². The predicted molar refractivity (Wildman–Crippen MR) is 94.0 cm³/mol. The molecule has 0 aliphatic carbocycles. The van der Waals surface area contributed by atoms with E-state index in [0.717, 1.165) is 5.56 Å². The highest BCUT2D eigenvalue weighted by atomic mass is 32.2. The molecule has 0 spiro atoms. The number of ether oxygens (including phenoxy) is 2. The number of carbonyl (C=O) groups is 2. The van der Waals surface area contributed by atoms with E-state index in [2.05, 4.69) is 10.1 Å². The SMILES string of the molecule is COC(=O)CCC(=O)NCCc1ccc(S(=O)(=O)N2CCOCC2)cc1. The molecule has 1 saturated heterocycles. The molecular weight excluding hydrogens is 360 g/mol. The first-order valence-corrected chi connectivity index (χ1v) is 9.88. The van der Waals surface area contributed by atoms with E-state index in [4.69, 9.17) is 4.74 Å². The molecule has 0 atom stereocenters. The van der Waals surface area contributed by atoms with Crippen molar-refractivity contribution in [2.75, 3.05) is 40.0 Å². The maximum absolute atomic E-state index is 12.5. The van der Waals surface area contributed by atoms with Crippen LogP contribution in [-0.4, -0.2) is 64.6 Å². The zero-order valence-electron chi connectivity index (χ0n) is 14.8. The van der Waals surface area contributed by atoms with Gasteiger partial charge in [-0.15, -0.1) is 0 Å². The quantitative estimate of drug-likeness (QED) is 0.648. The van der Waals surface area contributed by atoms with Crippen LogP contribution in [0.5, 0.6) is 0 Å². The minimum atomic E-state index is -3.49. The van der Waals surface area contributed by atoms with Crippen molar-refractivity contribution in [2.24, 2.45) is 0 Å². The first-order chi connectivity index (χ1) is 12.4. The van der Waals surface area contributed by atoms with Crippen LogP contribution in [0.3, 0.4) is 0 Å². The van der Waals surface area contributed by atoms with Gasteiger partial charge in [-0.3, -0.25) is 9.59 Å². The van der Waals surface area contributed by atoms with Crippen LogP contribution in [0.4, 0.5) is 0 Å². The molecule has 9 heteroatoms. The zero-order chi connectivity index (χ0) is 19.0. The molecule has 1 aliphatic rings. The Labute approximate surface area is 153 Å². The second kappa shape index (κ2) is 9.65. The van der Waals surface area contributed by atoms with E-state index in [9.17, 15) is 18.0 Å². The highest BCUT2D eigenvalue weighted by Crippen LogP contribution is 2.17. The van der Waals surface area contributed by atoms with Crippen molar-refractivity contribution < 1.29 is 27.5 Å². The van der Waals surface area contributed by atoms with Gasteiger partial charge in [-0.1, -0.05) is 12.1 Å². The molecule has 144 valence electrons. The molecule has 0 unspecified atom stereocenters. The van der Waals surface area contributed by atoms with Gasteiger partial charge in [0, 0.05) is 26.1 Å². The third-order valence-corrected chi connectivity index (χ3v) is 5.96. The number of sulfonamides is 1. The number of hydrogen-bond donors (Lipinski definition) is 1. The van der Waals surface area contributed by atoms with Crippen molar-refractivity contribution >= 4 is 21.9 Å². The highest BCUT2D eigenvalue weighted by Gasteiger charge is 2.25. The fraction of sp³-hybridized carbons (Fsp3) is 0.529. The summed E-state index contributed by atoms with van der Waals surface area (Å²) in [4.78, 5) is 22.8. The smallest absolute Gasteiger partial charge is 0.306 e. The van der Waals surface area contributed by atoms with Crippen LogP contribution in [0.25, 0.3) is 0 Å². The summed E-state index contributed by atoms with van der Waals surface area (Å²) < 4.78 is 36.1. The van der Waals surface area contributed by atoms with Crippen molar-refractivity contribution in [2.45, 2.75) is 24.2 Å². The number of hydrogen-bond acceptors (Lipinski definition) is 6. The summed E-state index contributed by atoms with van der Waals surface area (Å²) in [7, 11) is -2.21. The van der Waals surface area contributed by atoms with Crippen molar-refractivity contribution in [3.05, 3.63) is 29.8 Å². The molecule has 1 N–H and O–H groups in total. The van der Waals surface area contributed by atoms with E-state index in [0.29, 0.717) is 39.3 Å². The van der Waals surface area contributed by atoms with Crippen molar-refractivity contribution in [1.29, 1.82) is 0 Å². The third kappa shape index (κ3) is 5.79. The molecule has 0 saturated carbocycles. The second-order valence-corrected chi connectivity index (χ2v) is 7.77. The largest absolute Gasteiger partial charge is 0.469 e. The molecule has 2 rings (SSSR count).